The van der Waals surface area contributed by atoms with Crippen molar-refractivity contribution in [3.05, 3.63) is 42.1 Å². The van der Waals surface area contributed by atoms with Crippen LogP contribution in [0.2, 0.25) is 0 Å². The van der Waals surface area contributed by atoms with Crippen molar-refractivity contribution in [3.8, 4) is 11.3 Å². The lowest BCUT2D eigenvalue weighted by molar-refractivity contribution is -0.131. The molecule has 3 rings (SSSR count). The molecular weight excluding hydrogens is 372 g/mol. The molecule has 1 unspecified atom stereocenters. The van der Waals surface area contributed by atoms with Gasteiger partial charge in [0.25, 0.3) is 0 Å². The molecule has 2 aromatic rings. The number of amides is 1. The van der Waals surface area contributed by atoms with Crippen molar-refractivity contribution in [3.63, 3.8) is 0 Å². The largest absolute Gasteiger partial charge is 0.346 e. The Kier molecular flexibility index (Phi) is 9.00. The molecular formula is C22H33ClN4O. The van der Waals surface area contributed by atoms with Gasteiger partial charge < -0.3 is 10.2 Å². The summed E-state index contributed by atoms with van der Waals surface area (Å²) >= 11 is 0. The Morgan fingerprint density at radius 1 is 1.25 bits per heavy atom. The molecule has 1 aromatic heterocycles. The molecule has 2 N–H and O–H groups in total. The summed E-state index contributed by atoms with van der Waals surface area (Å²) in [5.41, 5.74) is 3.22. The van der Waals surface area contributed by atoms with Gasteiger partial charge in [0.2, 0.25) is 5.91 Å². The van der Waals surface area contributed by atoms with Crippen LogP contribution in [-0.4, -0.2) is 47.7 Å². The molecule has 1 saturated heterocycles. The zero-order valence-corrected chi connectivity index (χ0v) is 17.8. The molecule has 0 bridgehead atoms. The third-order valence-electron chi connectivity index (χ3n) is 5.75. The van der Waals surface area contributed by atoms with Crippen LogP contribution in [0.15, 0.2) is 36.4 Å². The summed E-state index contributed by atoms with van der Waals surface area (Å²) in [7, 11) is 1.93. The van der Waals surface area contributed by atoms with Gasteiger partial charge in [0.1, 0.15) is 0 Å². The number of H-pyrrole nitrogens is 1. The van der Waals surface area contributed by atoms with Gasteiger partial charge in [0, 0.05) is 31.3 Å². The lowest BCUT2D eigenvalue weighted by atomic mass is 9.84. The van der Waals surface area contributed by atoms with Gasteiger partial charge in [0.05, 0.1) is 5.69 Å². The van der Waals surface area contributed by atoms with Gasteiger partial charge in [-0.2, -0.15) is 5.10 Å². The number of halogens is 1. The second-order valence-electron chi connectivity index (χ2n) is 7.83. The number of aromatic amines is 1. The lowest BCUT2D eigenvalue weighted by Crippen LogP contribution is -2.34. The summed E-state index contributed by atoms with van der Waals surface area (Å²) < 4.78 is 0. The highest BCUT2D eigenvalue weighted by molar-refractivity contribution is 5.85. The summed E-state index contributed by atoms with van der Waals surface area (Å²) in [6.07, 6.45) is 4.91. The monoisotopic (exact) mass is 404 g/mol. The predicted molar refractivity (Wildman–Crippen MR) is 117 cm³/mol. The minimum absolute atomic E-state index is 0. The Hall–Kier alpha value is -1.85. The van der Waals surface area contributed by atoms with Gasteiger partial charge in [-0.05, 0) is 56.7 Å². The molecule has 1 aliphatic heterocycles. The first-order valence-corrected chi connectivity index (χ1v) is 10.2. The van der Waals surface area contributed by atoms with Crippen LogP contribution in [0.5, 0.6) is 0 Å². The van der Waals surface area contributed by atoms with Crippen LogP contribution in [0.1, 0.15) is 38.3 Å². The summed E-state index contributed by atoms with van der Waals surface area (Å²) in [6.45, 7) is 5.21. The molecule has 6 heteroatoms. The topological polar surface area (TPSA) is 61.0 Å². The van der Waals surface area contributed by atoms with Gasteiger partial charge in [0.15, 0.2) is 0 Å². The molecule has 0 radical (unpaired) electrons. The van der Waals surface area contributed by atoms with E-state index in [4.69, 9.17) is 0 Å². The van der Waals surface area contributed by atoms with Crippen molar-refractivity contribution in [1.29, 1.82) is 0 Å². The smallest absolute Gasteiger partial charge is 0.222 e. The second kappa shape index (κ2) is 11.2. The first-order chi connectivity index (χ1) is 13.1. The quantitative estimate of drug-likeness (QED) is 0.701. The molecule has 5 nitrogen and oxygen atoms in total. The Morgan fingerprint density at radius 2 is 1.96 bits per heavy atom. The molecule has 0 aliphatic carbocycles. The highest BCUT2D eigenvalue weighted by atomic mass is 35.5. The summed E-state index contributed by atoms with van der Waals surface area (Å²) in [5.74, 6) is 1.43. The van der Waals surface area contributed by atoms with Crippen molar-refractivity contribution in [2.75, 3.05) is 26.7 Å². The van der Waals surface area contributed by atoms with Crippen LogP contribution in [-0.2, 0) is 11.2 Å². The number of carbonyl (C=O) groups excluding carboxylic acids is 1. The van der Waals surface area contributed by atoms with Crippen molar-refractivity contribution in [1.82, 2.24) is 20.4 Å². The molecule has 2 heterocycles. The Bertz CT molecular complexity index is 712. The number of benzene rings is 1. The average molecular weight is 405 g/mol. The highest BCUT2D eigenvalue weighted by Gasteiger charge is 2.23. The molecule has 1 amide bonds. The second-order valence-corrected chi connectivity index (χ2v) is 7.83. The molecule has 0 saturated carbocycles. The van der Waals surface area contributed by atoms with Crippen molar-refractivity contribution < 1.29 is 4.79 Å². The minimum Gasteiger partial charge on any atom is -0.346 e. The van der Waals surface area contributed by atoms with Crippen molar-refractivity contribution in [2.24, 2.45) is 11.8 Å². The maximum Gasteiger partial charge on any atom is 0.222 e. The van der Waals surface area contributed by atoms with E-state index in [1.54, 1.807) is 0 Å². The van der Waals surface area contributed by atoms with E-state index in [1.807, 2.05) is 30.1 Å². The Labute approximate surface area is 174 Å². The van der Waals surface area contributed by atoms with Gasteiger partial charge in [-0.1, -0.05) is 37.3 Å². The number of aromatic nitrogens is 2. The predicted octanol–water partition coefficient (Wildman–Crippen LogP) is 3.92. The van der Waals surface area contributed by atoms with Crippen LogP contribution in [0, 0.1) is 11.8 Å². The number of carbonyl (C=O) groups is 1. The molecule has 1 aromatic carbocycles. The first kappa shape index (κ1) is 22.4. The third-order valence-corrected chi connectivity index (χ3v) is 5.75. The van der Waals surface area contributed by atoms with Crippen LogP contribution in [0.3, 0.4) is 0 Å². The van der Waals surface area contributed by atoms with Crippen molar-refractivity contribution in [2.45, 2.75) is 39.0 Å². The van der Waals surface area contributed by atoms with E-state index in [1.165, 1.54) is 12.8 Å². The summed E-state index contributed by atoms with van der Waals surface area (Å²) in [6, 6.07) is 12.3. The Morgan fingerprint density at radius 3 is 2.68 bits per heavy atom. The number of aryl methyl sites for hydroxylation is 1. The van der Waals surface area contributed by atoms with Crippen LogP contribution >= 0.6 is 12.4 Å². The van der Waals surface area contributed by atoms with Crippen LogP contribution in [0.4, 0.5) is 0 Å². The minimum atomic E-state index is 0. The van der Waals surface area contributed by atoms with E-state index in [9.17, 15) is 4.79 Å². The van der Waals surface area contributed by atoms with Crippen LogP contribution in [0.25, 0.3) is 11.3 Å². The van der Waals surface area contributed by atoms with E-state index in [0.717, 1.165) is 49.4 Å². The zero-order chi connectivity index (χ0) is 19.1. The number of rotatable bonds is 8. The molecule has 154 valence electrons. The number of hydrogen-bond acceptors (Lipinski definition) is 3. The molecule has 1 fully saturated rings. The fraction of sp³-hybridized carbons (Fsp3) is 0.545. The zero-order valence-electron chi connectivity index (χ0n) is 17.0. The lowest BCUT2D eigenvalue weighted by Gasteiger charge is -2.29. The summed E-state index contributed by atoms with van der Waals surface area (Å²) in [4.78, 5) is 14.4. The van der Waals surface area contributed by atoms with E-state index in [-0.39, 0.29) is 18.3 Å². The number of nitrogens with zero attached hydrogens (tertiary/aromatic N) is 2. The van der Waals surface area contributed by atoms with Crippen LogP contribution < -0.4 is 5.32 Å². The van der Waals surface area contributed by atoms with Gasteiger partial charge in [-0.3, -0.25) is 9.89 Å². The molecule has 1 aliphatic rings. The Balaban J connectivity index is 0.00000280. The molecule has 28 heavy (non-hydrogen) atoms. The van der Waals surface area contributed by atoms with Gasteiger partial charge in [-0.25, -0.2) is 0 Å². The number of hydrogen-bond donors (Lipinski definition) is 2. The first-order valence-electron chi connectivity index (χ1n) is 10.2. The van der Waals surface area contributed by atoms with Gasteiger partial charge >= 0.3 is 0 Å². The van der Waals surface area contributed by atoms with Gasteiger partial charge in [-0.15, -0.1) is 12.4 Å². The SMILES string of the molecule is CC(CC(=O)N(C)CCCc1cc(-c2ccccc2)n[nH]1)C1CCNCC1.Cl. The average Bonchev–Trinajstić information content (AvgIpc) is 3.18. The van der Waals surface area contributed by atoms with E-state index < -0.39 is 0 Å². The number of piperidine rings is 1. The summed E-state index contributed by atoms with van der Waals surface area (Å²) in [5, 5.41) is 10.9. The fourth-order valence-electron chi connectivity index (χ4n) is 3.89. The normalized spacial score (nSPS) is 15.6. The highest BCUT2D eigenvalue weighted by Crippen LogP contribution is 2.25. The van der Waals surface area contributed by atoms with E-state index >= 15 is 0 Å². The maximum absolute atomic E-state index is 12.5. The fourth-order valence-corrected chi connectivity index (χ4v) is 3.89. The third kappa shape index (κ3) is 6.35. The molecule has 0 spiro atoms. The number of nitrogens with one attached hydrogen (secondary N) is 2. The van der Waals surface area contributed by atoms with E-state index in [0.29, 0.717) is 18.3 Å². The standard InChI is InChI=1S/C22H32N4O.ClH/c1-17(18-10-12-23-13-11-18)15-22(27)26(2)14-6-9-20-16-21(25-24-20)19-7-4-3-5-8-19;/h3-5,7-8,16-18,23H,6,9-15H2,1-2H3,(H,24,25);1H. The maximum atomic E-state index is 12.5. The van der Waals surface area contributed by atoms with Crippen molar-refractivity contribution >= 4 is 18.3 Å². The molecule has 1 atom stereocenters. The van der Waals surface area contributed by atoms with E-state index in [2.05, 4.69) is 40.6 Å².